The summed E-state index contributed by atoms with van der Waals surface area (Å²) in [5.41, 5.74) is 1.96. The van der Waals surface area contributed by atoms with Crippen LogP contribution in [-0.2, 0) is 11.3 Å². The lowest BCUT2D eigenvalue weighted by atomic mass is 9.85. The molecule has 0 radical (unpaired) electrons. The van der Waals surface area contributed by atoms with Crippen molar-refractivity contribution in [1.29, 1.82) is 0 Å². The van der Waals surface area contributed by atoms with E-state index in [9.17, 15) is 9.59 Å². The molecule has 0 fully saturated rings. The fraction of sp³-hybridized carbons (Fsp3) is 0.550. The Kier molecular flexibility index (Phi) is 4.93. The first-order valence-electron chi connectivity index (χ1n) is 9.19. The van der Waals surface area contributed by atoms with Crippen molar-refractivity contribution < 1.29 is 9.59 Å². The minimum Gasteiger partial charge on any atom is -0.348 e. The van der Waals surface area contributed by atoms with Crippen molar-refractivity contribution >= 4 is 23.2 Å². The third-order valence-electron chi connectivity index (χ3n) is 5.26. The summed E-state index contributed by atoms with van der Waals surface area (Å²) in [6, 6.07) is 5.65. The van der Waals surface area contributed by atoms with Gasteiger partial charge in [0.25, 0.3) is 0 Å². The molecule has 0 unspecified atom stereocenters. The van der Waals surface area contributed by atoms with Crippen molar-refractivity contribution in [3.05, 3.63) is 29.6 Å². The molecule has 1 aliphatic heterocycles. The number of carbonyl (C=O) groups excluding carboxylic acids is 2. The molecule has 5 nitrogen and oxygen atoms in total. The van der Waals surface area contributed by atoms with Crippen LogP contribution in [0.1, 0.15) is 75.1 Å². The van der Waals surface area contributed by atoms with E-state index in [1.54, 1.807) is 0 Å². The van der Waals surface area contributed by atoms with Gasteiger partial charge >= 0.3 is 0 Å². The summed E-state index contributed by atoms with van der Waals surface area (Å²) in [7, 11) is 0. The lowest BCUT2D eigenvalue weighted by molar-refractivity contribution is -0.130. The second-order valence-corrected chi connectivity index (χ2v) is 7.73. The van der Waals surface area contributed by atoms with E-state index in [1.165, 1.54) is 0 Å². The van der Waals surface area contributed by atoms with Crippen LogP contribution in [0, 0.1) is 5.41 Å². The minimum atomic E-state index is -0.368. The summed E-state index contributed by atoms with van der Waals surface area (Å²) in [4.78, 5) is 28.8. The Morgan fingerprint density at radius 2 is 2.00 bits per heavy atom. The lowest BCUT2D eigenvalue weighted by Crippen LogP contribution is -2.38. The van der Waals surface area contributed by atoms with Crippen LogP contribution < -0.4 is 5.32 Å². The van der Waals surface area contributed by atoms with Gasteiger partial charge in [-0.1, -0.05) is 33.1 Å². The maximum atomic E-state index is 12.6. The van der Waals surface area contributed by atoms with E-state index in [0.717, 1.165) is 61.7 Å². The summed E-state index contributed by atoms with van der Waals surface area (Å²) in [5.74, 6) is 0.0721. The van der Waals surface area contributed by atoms with Crippen molar-refractivity contribution in [3.8, 4) is 0 Å². The normalized spacial score (nSPS) is 21.7. The monoisotopic (exact) mass is 341 g/mol. The van der Waals surface area contributed by atoms with Crippen molar-refractivity contribution in [2.75, 3.05) is 0 Å². The van der Waals surface area contributed by atoms with Crippen LogP contribution in [0.4, 0.5) is 0 Å². The van der Waals surface area contributed by atoms with E-state index in [1.807, 2.05) is 43.5 Å². The first kappa shape index (κ1) is 17.6. The molecule has 1 amide bonds. The second-order valence-electron chi connectivity index (χ2n) is 7.73. The Morgan fingerprint density at radius 1 is 1.24 bits per heavy atom. The van der Waals surface area contributed by atoms with Crippen LogP contribution in [0.2, 0.25) is 0 Å². The molecule has 134 valence electrons. The molecular weight excluding hydrogens is 314 g/mol. The zero-order valence-electron chi connectivity index (χ0n) is 15.3. The van der Waals surface area contributed by atoms with Gasteiger partial charge in [0, 0.05) is 17.3 Å². The number of nitrogens with one attached hydrogen (secondary N) is 1. The zero-order chi connectivity index (χ0) is 18.0. The van der Waals surface area contributed by atoms with E-state index in [0.29, 0.717) is 5.69 Å². The third kappa shape index (κ3) is 3.60. The third-order valence-corrected chi connectivity index (χ3v) is 5.26. The summed E-state index contributed by atoms with van der Waals surface area (Å²) in [6.45, 7) is 6.79. The number of pyridine rings is 1. The number of aldehydes is 1. The molecule has 3 rings (SSSR count). The Morgan fingerprint density at radius 3 is 2.76 bits per heavy atom. The van der Waals surface area contributed by atoms with Crippen molar-refractivity contribution in [3.63, 3.8) is 0 Å². The van der Waals surface area contributed by atoms with E-state index < -0.39 is 0 Å². The summed E-state index contributed by atoms with van der Waals surface area (Å²) < 4.78 is 2.01. The van der Waals surface area contributed by atoms with Gasteiger partial charge in [-0.15, -0.1) is 0 Å². The van der Waals surface area contributed by atoms with Crippen LogP contribution >= 0.6 is 0 Å². The molecule has 2 aromatic rings. The topological polar surface area (TPSA) is 64.0 Å². The molecule has 0 saturated heterocycles. The Balaban J connectivity index is 2.01. The molecule has 5 heteroatoms. The molecule has 0 aromatic carbocycles. The first-order chi connectivity index (χ1) is 11.9. The average molecular weight is 341 g/mol. The van der Waals surface area contributed by atoms with Gasteiger partial charge in [0.2, 0.25) is 5.91 Å². The predicted molar refractivity (Wildman–Crippen MR) is 98.5 cm³/mol. The second kappa shape index (κ2) is 6.98. The number of carbonyl (C=O) groups is 2. The number of rotatable bonds is 1. The molecule has 0 saturated carbocycles. The Hall–Kier alpha value is -2.17. The first-order valence-corrected chi connectivity index (χ1v) is 9.19. The summed E-state index contributed by atoms with van der Waals surface area (Å²) in [5, 5.41) is 4.08. The number of nitrogens with zero attached hydrogens (tertiary/aromatic N) is 2. The average Bonchev–Trinajstić information content (AvgIpc) is 2.94. The maximum Gasteiger partial charge on any atom is 0.226 e. The van der Waals surface area contributed by atoms with Crippen LogP contribution in [-0.4, -0.2) is 21.7 Å². The quantitative estimate of drug-likeness (QED) is 0.797. The van der Waals surface area contributed by atoms with Gasteiger partial charge in [0.15, 0.2) is 6.29 Å². The number of hydrogen-bond acceptors (Lipinski definition) is 3. The largest absolute Gasteiger partial charge is 0.348 e. The highest BCUT2D eigenvalue weighted by Gasteiger charge is 2.28. The predicted octanol–water partition coefficient (Wildman–Crippen LogP) is 4.02. The van der Waals surface area contributed by atoms with Gasteiger partial charge in [-0.25, -0.2) is 4.98 Å². The maximum absolute atomic E-state index is 12.6. The van der Waals surface area contributed by atoms with Gasteiger partial charge in [-0.2, -0.15) is 0 Å². The lowest BCUT2D eigenvalue weighted by Gasteiger charge is -2.26. The molecular formula is C20H27N3O2. The Labute approximate surface area is 148 Å². The summed E-state index contributed by atoms with van der Waals surface area (Å²) >= 11 is 0. The van der Waals surface area contributed by atoms with Gasteiger partial charge in [0.1, 0.15) is 5.65 Å². The fourth-order valence-electron chi connectivity index (χ4n) is 3.51. The van der Waals surface area contributed by atoms with Gasteiger partial charge in [0.05, 0.1) is 17.4 Å². The molecule has 1 atom stereocenters. The SMILES string of the molecule is C[C@H]1NC(=O)C(C)(C)CCCCCCn2c(C=O)cc3ccc1nc32. The van der Waals surface area contributed by atoms with E-state index in [2.05, 4.69) is 5.32 Å². The highest BCUT2D eigenvalue weighted by molar-refractivity contribution is 5.87. The number of aryl methyl sites for hydroxylation is 1. The van der Waals surface area contributed by atoms with Crippen LogP contribution in [0.25, 0.3) is 11.0 Å². The molecule has 2 bridgehead atoms. The zero-order valence-corrected chi connectivity index (χ0v) is 15.3. The molecule has 2 aromatic heterocycles. The van der Waals surface area contributed by atoms with Gasteiger partial charge < -0.3 is 9.88 Å². The van der Waals surface area contributed by atoms with Crippen LogP contribution in [0.5, 0.6) is 0 Å². The highest BCUT2D eigenvalue weighted by Crippen LogP contribution is 2.27. The number of aromatic nitrogens is 2. The van der Waals surface area contributed by atoms with Crippen molar-refractivity contribution in [2.24, 2.45) is 5.41 Å². The van der Waals surface area contributed by atoms with Crippen LogP contribution in [0.15, 0.2) is 18.2 Å². The van der Waals surface area contributed by atoms with E-state index in [4.69, 9.17) is 4.98 Å². The van der Waals surface area contributed by atoms with Crippen LogP contribution in [0.3, 0.4) is 0 Å². The fourth-order valence-corrected chi connectivity index (χ4v) is 3.51. The summed E-state index contributed by atoms with van der Waals surface area (Å²) in [6.07, 6.45) is 6.02. The van der Waals surface area contributed by atoms with Gasteiger partial charge in [-0.05, 0) is 38.0 Å². The number of amides is 1. The number of fused-ring (bicyclic) bond motifs is 1. The molecule has 1 N–H and O–H groups in total. The molecule has 0 spiro atoms. The smallest absolute Gasteiger partial charge is 0.226 e. The van der Waals surface area contributed by atoms with Gasteiger partial charge in [-0.3, -0.25) is 9.59 Å². The minimum absolute atomic E-state index is 0.0721. The Bertz CT molecular complexity index is 792. The van der Waals surface area contributed by atoms with E-state index in [-0.39, 0.29) is 17.4 Å². The molecule has 3 heterocycles. The molecule has 0 aliphatic carbocycles. The number of hydrogen-bond donors (Lipinski definition) is 1. The van der Waals surface area contributed by atoms with Crippen molar-refractivity contribution in [2.45, 2.75) is 65.5 Å². The highest BCUT2D eigenvalue weighted by atomic mass is 16.2. The van der Waals surface area contributed by atoms with Crippen molar-refractivity contribution in [1.82, 2.24) is 14.9 Å². The standard InChI is InChI=1S/C20H27N3O2/c1-14-17-9-8-15-12-16(13-24)23(18(15)22-17)11-7-5-4-6-10-20(2,3)19(25)21-14/h8-9,12-14H,4-7,10-11H2,1-3H3,(H,21,25)/t14-/m1/s1. The molecule has 1 aliphatic rings. The molecule has 25 heavy (non-hydrogen) atoms. The van der Waals surface area contributed by atoms with E-state index >= 15 is 0 Å².